The number of rotatable bonds is 5. The minimum absolute atomic E-state index is 0.128. The first-order chi connectivity index (χ1) is 8.29. The molecule has 17 heavy (non-hydrogen) atoms. The van der Waals surface area contributed by atoms with Crippen LogP contribution < -0.4 is 0 Å². The summed E-state index contributed by atoms with van der Waals surface area (Å²) in [7, 11) is 0. The molecular formula is C11H18N4O2. The smallest absolute Gasteiger partial charge is 0.378 e. The largest absolute Gasteiger partial charge is 0.460 e. The lowest BCUT2D eigenvalue weighted by molar-refractivity contribution is 0.0512. The molecule has 0 saturated carbocycles. The SMILES string of the molecule is CCOC(=O)c1n[nH]c(CCN2CCCC2)n1. The Hall–Kier alpha value is -1.43. The van der Waals surface area contributed by atoms with E-state index in [0.29, 0.717) is 6.61 Å². The molecule has 2 heterocycles. The molecule has 0 unspecified atom stereocenters. The predicted octanol–water partition coefficient (Wildman–Crippen LogP) is 0.620. The molecule has 0 aromatic carbocycles. The summed E-state index contributed by atoms with van der Waals surface area (Å²) in [5.41, 5.74) is 0. The van der Waals surface area contributed by atoms with Crippen molar-refractivity contribution in [2.24, 2.45) is 0 Å². The number of aromatic nitrogens is 3. The number of ether oxygens (including phenoxy) is 1. The van der Waals surface area contributed by atoms with E-state index in [2.05, 4.69) is 20.1 Å². The van der Waals surface area contributed by atoms with Crippen LogP contribution in [0, 0.1) is 0 Å². The van der Waals surface area contributed by atoms with Crippen molar-refractivity contribution in [3.05, 3.63) is 11.6 Å². The summed E-state index contributed by atoms with van der Waals surface area (Å²) in [6, 6.07) is 0. The normalized spacial score (nSPS) is 16.3. The van der Waals surface area contributed by atoms with Gasteiger partial charge in [0.2, 0.25) is 0 Å². The van der Waals surface area contributed by atoms with Crippen molar-refractivity contribution in [2.75, 3.05) is 26.2 Å². The average molecular weight is 238 g/mol. The third-order valence-electron chi connectivity index (χ3n) is 2.85. The highest BCUT2D eigenvalue weighted by Gasteiger charge is 2.15. The van der Waals surface area contributed by atoms with Crippen LogP contribution in [0.5, 0.6) is 0 Å². The Labute approximate surface area is 100 Å². The molecule has 0 aliphatic carbocycles. The zero-order valence-electron chi connectivity index (χ0n) is 10.1. The number of esters is 1. The highest BCUT2D eigenvalue weighted by atomic mass is 16.5. The van der Waals surface area contributed by atoms with Crippen molar-refractivity contribution in [1.29, 1.82) is 0 Å². The van der Waals surface area contributed by atoms with Crippen molar-refractivity contribution in [3.63, 3.8) is 0 Å². The van der Waals surface area contributed by atoms with Crippen molar-refractivity contribution in [2.45, 2.75) is 26.2 Å². The maximum Gasteiger partial charge on any atom is 0.378 e. The molecule has 0 radical (unpaired) electrons. The quantitative estimate of drug-likeness (QED) is 0.761. The second kappa shape index (κ2) is 5.77. The molecule has 1 aliphatic heterocycles. The first-order valence-electron chi connectivity index (χ1n) is 6.10. The minimum Gasteiger partial charge on any atom is -0.460 e. The second-order valence-corrected chi connectivity index (χ2v) is 4.12. The van der Waals surface area contributed by atoms with Gasteiger partial charge in [0.15, 0.2) is 0 Å². The molecule has 94 valence electrons. The van der Waals surface area contributed by atoms with Gasteiger partial charge in [-0.2, -0.15) is 0 Å². The van der Waals surface area contributed by atoms with Gasteiger partial charge in [-0.3, -0.25) is 5.10 Å². The van der Waals surface area contributed by atoms with Gasteiger partial charge in [-0.15, -0.1) is 5.10 Å². The number of carbonyl (C=O) groups is 1. The highest BCUT2D eigenvalue weighted by molar-refractivity contribution is 5.84. The molecule has 1 saturated heterocycles. The number of H-pyrrole nitrogens is 1. The van der Waals surface area contributed by atoms with Crippen LogP contribution in [0.25, 0.3) is 0 Å². The van der Waals surface area contributed by atoms with Crippen LogP contribution >= 0.6 is 0 Å². The Morgan fingerprint density at radius 2 is 2.24 bits per heavy atom. The Kier molecular flexibility index (Phi) is 4.08. The number of carbonyl (C=O) groups excluding carboxylic acids is 1. The van der Waals surface area contributed by atoms with Gasteiger partial charge in [0.25, 0.3) is 5.82 Å². The fraction of sp³-hybridized carbons (Fsp3) is 0.727. The first-order valence-corrected chi connectivity index (χ1v) is 6.10. The zero-order valence-corrected chi connectivity index (χ0v) is 10.1. The predicted molar refractivity (Wildman–Crippen MR) is 61.7 cm³/mol. The maximum atomic E-state index is 11.3. The van der Waals surface area contributed by atoms with Gasteiger partial charge in [-0.05, 0) is 32.9 Å². The van der Waals surface area contributed by atoms with Crippen molar-refractivity contribution >= 4 is 5.97 Å². The summed E-state index contributed by atoms with van der Waals surface area (Å²) >= 11 is 0. The summed E-state index contributed by atoms with van der Waals surface area (Å²) in [4.78, 5) is 17.9. The van der Waals surface area contributed by atoms with Crippen LogP contribution in [0.15, 0.2) is 0 Å². The lowest BCUT2D eigenvalue weighted by Crippen LogP contribution is -2.22. The minimum atomic E-state index is -0.462. The van der Waals surface area contributed by atoms with Crippen LogP contribution in [0.3, 0.4) is 0 Å². The highest BCUT2D eigenvalue weighted by Crippen LogP contribution is 2.07. The molecule has 0 bridgehead atoms. The summed E-state index contributed by atoms with van der Waals surface area (Å²) in [6.45, 7) is 5.41. The van der Waals surface area contributed by atoms with Crippen LogP contribution in [0.4, 0.5) is 0 Å². The van der Waals surface area contributed by atoms with Crippen LogP contribution in [-0.2, 0) is 11.2 Å². The van der Waals surface area contributed by atoms with Crippen molar-refractivity contribution < 1.29 is 9.53 Å². The molecule has 1 aromatic heterocycles. The fourth-order valence-electron chi connectivity index (χ4n) is 1.96. The molecule has 2 rings (SSSR count). The molecule has 6 nitrogen and oxygen atoms in total. The van der Waals surface area contributed by atoms with Crippen molar-refractivity contribution in [3.8, 4) is 0 Å². The van der Waals surface area contributed by atoms with Gasteiger partial charge >= 0.3 is 5.97 Å². The zero-order chi connectivity index (χ0) is 12.1. The van der Waals surface area contributed by atoms with E-state index < -0.39 is 5.97 Å². The number of likely N-dealkylation sites (tertiary alicyclic amines) is 1. The molecule has 0 amide bonds. The van der Waals surface area contributed by atoms with Crippen molar-refractivity contribution in [1.82, 2.24) is 20.1 Å². The lowest BCUT2D eigenvalue weighted by atomic mass is 10.4. The van der Waals surface area contributed by atoms with Crippen LogP contribution in [0.1, 0.15) is 36.2 Å². The van der Waals surface area contributed by atoms with E-state index in [4.69, 9.17) is 4.74 Å². The van der Waals surface area contributed by atoms with E-state index in [1.165, 1.54) is 25.9 Å². The van der Waals surface area contributed by atoms with E-state index in [-0.39, 0.29) is 5.82 Å². The summed E-state index contributed by atoms with van der Waals surface area (Å²) in [5.74, 6) is 0.416. The van der Waals surface area contributed by atoms with Gasteiger partial charge in [0.05, 0.1) is 6.61 Å². The van der Waals surface area contributed by atoms with Gasteiger partial charge in [0.1, 0.15) is 5.82 Å². The van der Waals surface area contributed by atoms with Gasteiger partial charge < -0.3 is 9.64 Å². The number of aromatic amines is 1. The molecule has 1 aromatic rings. The van der Waals surface area contributed by atoms with E-state index in [0.717, 1.165) is 18.8 Å². The molecule has 6 heteroatoms. The third kappa shape index (κ3) is 3.26. The van der Waals surface area contributed by atoms with Crippen LogP contribution in [0.2, 0.25) is 0 Å². The number of nitrogens with zero attached hydrogens (tertiary/aromatic N) is 3. The molecule has 0 spiro atoms. The number of hydrogen-bond acceptors (Lipinski definition) is 5. The van der Waals surface area contributed by atoms with E-state index in [1.54, 1.807) is 6.92 Å². The Morgan fingerprint density at radius 1 is 1.47 bits per heavy atom. The van der Waals surface area contributed by atoms with E-state index >= 15 is 0 Å². The molecule has 1 aliphatic rings. The Morgan fingerprint density at radius 3 is 2.94 bits per heavy atom. The van der Waals surface area contributed by atoms with E-state index in [1.807, 2.05) is 0 Å². The lowest BCUT2D eigenvalue weighted by Gasteiger charge is -2.12. The van der Waals surface area contributed by atoms with Crippen LogP contribution in [-0.4, -0.2) is 52.3 Å². The molecular weight excluding hydrogens is 220 g/mol. The van der Waals surface area contributed by atoms with Gasteiger partial charge in [0, 0.05) is 13.0 Å². The Bertz CT molecular complexity index is 371. The number of hydrogen-bond donors (Lipinski definition) is 1. The van der Waals surface area contributed by atoms with Gasteiger partial charge in [-0.25, -0.2) is 9.78 Å². The third-order valence-corrected chi connectivity index (χ3v) is 2.85. The fourth-order valence-corrected chi connectivity index (χ4v) is 1.96. The monoisotopic (exact) mass is 238 g/mol. The van der Waals surface area contributed by atoms with E-state index in [9.17, 15) is 4.79 Å². The molecule has 0 atom stereocenters. The first kappa shape index (κ1) is 12.0. The standard InChI is InChI=1S/C11H18N4O2/c1-2-17-11(16)10-12-9(13-14-10)5-8-15-6-3-4-7-15/h2-8H2,1H3,(H,12,13,14). The Balaban J connectivity index is 1.83. The summed E-state index contributed by atoms with van der Waals surface area (Å²) in [6.07, 6.45) is 3.36. The second-order valence-electron chi connectivity index (χ2n) is 4.12. The summed E-state index contributed by atoms with van der Waals surface area (Å²) in [5, 5.41) is 6.63. The summed E-state index contributed by atoms with van der Waals surface area (Å²) < 4.78 is 4.82. The maximum absolute atomic E-state index is 11.3. The average Bonchev–Trinajstić information content (AvgIpc) is 2.98. The molecule has 1 fully saturated rings. The topological polar surface area (TPSA) is 71.1 Å². The molecule has 1 N–H and O–H groups in total. The number of nitrogens with one attached hydrogen (secondary N) is 1. The van der Waals surface area contributed by atoms with Gasteiger partial charge in [-0.1, -0.05) is 0 Å².